The third kappa shape index (κ3) is 0.468. The molecule has 4 saturated carbocycles. The smallest absolute Gasteiger partial charge is 0.316 e. The lowest BCUT2D eigenvalue weighted by molar-refractivity contribution is -0.174. The molecule has 5 fully saturated rings. The van der Waals surface area contributed by atoms with Crippen molar-refractivity contribution in [3.8, 4) is 0 Å². The van der Waals surface area contributed by atoms with Gasteiger partial charge in [-0.3, -0.25) is 9.69 Å². The van der Waals surface area contributed by atoms with Crippen LogP contribution in [-0.2, 0) is 4.79 Å². The second-order valence-corrected chi connectivity index (χ2v) is 7.58. The third-order valence-corrected chi connectivity index (χ3v) is 7.88. The predicted octanol–water partition coefficient (Wildman–Crippen LogP) is 1.48. The Morgan fingerprint density at radius 1 is 1.21 bits per heavy atom. The summed E-state index contributed by atoms with van der Waals surface area (Å²) in [6.45, 7) is 8.79. The molecule has 0 aromatic heterocycles. The lowest BCUT2D eigenvalue weighted by Crippen LogP contribution is -2.78. The quantitative estimate of drug-likeness (QED) is 0.618. The van der Waals surface area contributed by atoms with Crippen molar-refractivity contribution < 1.29 is 9.59 Å². The maximum atomic E-state index is 12.9. The standard InChI is InChI=1S/C15H18N2O2/c1-7-6-8-12(2)9-13(8,3)15(7)14(9,12)10(18)16(4)11(19)17(15)5/h8-9H,1,6H2,2-5H3/t8-,9+,12-,13+,14+,15-/m0/s1. The molecule has 5 rings (SSSR count). The molecule has 4 nitrogen and oxygen atoms in total. The molecule has 0 bridgehead atoms. The minimum absolute atomic E-state index is 0.0453. The first-order chi connectivity index (χ1) is 8.76. The van der Waals surface area contributed by atoms with Crippen molar-refractivity contribution in [2.45, 2.75) is 25.8 Å². The van der Waals surface area contributed by atoms with Crippen LogP contribution < -0.4 is 0 Å². The van der Waals surface area contributed by atoms with Gasteiger partial charge in [0.15, 0.2) is 0 Å². The van der Waals surface area contributed by atoms with E-state index < -0.39 is 0 Å². The third-order valence-electron chi connectivity index (χ3n) is 7.88. The monoisotopic (exact) mass is 258 g/mol. The van der Waals surface area contributed by atoms with Gasteiger partial charge in [-0.15, -0.1) is 0 Å². The van der Waals surface area contributed by atoms with Crippen molar-refractivity contribution in [2.75, 3.05) is 14.1 Å². The SMILES string of the molecule is C=C1C[C@H]2[C@@]3(C)[C@@H]4[C@]2(C)[C@@]12N(C)C(=O)N(C)C(=O)[C@]432. The van der Waals surface area contributed by atoms with Gasteiger partial charge in [0, 0.05) is 19.5 Å². The van der Waals surface area contributed by atoms with Crippen LogP contribution in [-0.4, -0.2) is 41.4 Å². The van der Waals surface area contributed by atoms with Gasteiger partial charge >= 0.3 is 6.03 Å². The minimum Gasteiger partial charge on any atom is -0.316 e. The van der Waals surface area contributed by atoms with E-state index in [9.17, 15) is 9.59 Å². The zero-order chi connectivity index (χ0) is 13.7. The molecule has 0 N–H and O–H groups in total. The summed E-state index contributed by atoms with van der Waals surface area (Å²) in [5.74, 6) is 1.04. The molecule has 3 amide bonds. The first-order valence-electron chi connectivity index (χ1n) is 7.01. The van der Waals surface area contributed by atoms with Gasteiger partial charge in [0.2, 0.25) is 5.91 Å². The Balaban J connectivity index is 1.87. The number of urea groups is 1. The van der Waals surface area contributed by atoms with E-state index in [2.05, 4.69) is 20.4 Å². The van der Waals surface area contributed by atoms with Gasteiger partial charge in [0.25, 0.3) is 0 Å². The molecule has 19 heavy (non-hydrogen) atoms. The number of nitrogens with zero attached hydrogens (tertiary/aromatic N) is 2. The van der Waals surface area contributed by atoms with Gasteiger partial charge in [-0.25, -0.2) is 4.79 Å². The fourth-order valence-corrected chi connectivity index (χ4v) is 7.89. The number of rotatable bonds is 0. The number of carbonyl (C=O) groups is 2. The zero-order valence-electron chi connectivity index (χ0n) is 11.8. The molecule has 2 spiro atoms. The van der Waals surface area contributed by atoms with Crippen LogP contribution in [0.15, 0.2) is 12.2 Å². The van der Waals surface area contributed by atoms with Crippen molar-refractivity contribution in [1.82, 2.24) is 9.80 Å². The highest BCUT2D eigenvalue weighted by molar-refractivity contribution is 6.09. The molecule has 4 heteroatoms. The first-order valence-corrected chi connectivity index (χ1v) is 7.01. The van der Waals surface area contributed by atoms with E-state index in [1.54, 1.807) is 7.05 Å². The molecule has 0 unspecified atom stereocenters. The summed E-state index contributed by atoms with van der Waals surface area (Å²) in [4.78, 5) is 28.4. The van der Waals surface area contributed by atoms with E-state index in [4.69, 9.17) is 0 Å². The highest BCUT2D eigenvalue weighted by atomic mass is 16.2. The molecule has 1 saturated heterocycles. The van der Waals surface area contributed by atoms with Crippen LogP contribution in [0.4, 0.5) is 4.79 Å². The van der Waals surface area contributed by atoms with Crippen molar-refractivity contribution >= 4 is 11.9 Å². The maximum Gasteiger partial charge on any atom is 0.326 e. The normalized spacial score (nSPS) is 63.5. The van der Waals surface area contributed by atoms with Gasteiger partial charge in [0.1, 0.15) is 0 Å². The van der Waals surface area contributed by atoms with Crippen molar-refractivity contribution in [2.24, 2.45) is 28.1 Å². The Morgan fingerprint density at radius 3 is 2.47 bits per heavy atom. The fourth-order valence-electron chi connectivity index (χ4n) is 7.89. The van der Waals surface area contributed by atoms with Gasteiger partial charge < -0.3 is 4.90 Å². The van der Waals surface area contributed by atoms with Crippen LogP contribution in [0.1, 0.15) is 20.3 Å². The number of amides is 3. The Hall–Kier alpha value is -1.32. The summed E-state index contributed by atoms with van der Waals surface area (Å²) >= 11 is 0. The second-order valence-electron chi connectivity index (χ2n) is 7.58. The van der Waals surface area contributed by atoms with E-state index in [1.165, 1.54) is 4.90 Å². The predicted molar refractivity (Wildman–Crippen MR) is 68.0 cm³/mol. The van der Waals surface area contributed by atoms with Crippen LogP contribution in [0.25, 0.3) is 0 Å². The Morgan fingerprint density at radius 2 is 1.84 bits per heavy atom. The van der Waals surface area contributed by atoms with E-state index >= 15 is 0 Å². The average Bonchev–Trinajstić information content (AvgIpc) is 2.76. The van der Waals surface area contributed by atoms with E-state index in [0.29, 0.717) is 11.8 Å². The summed E-state index contributed by atoms with van der Waals surface area (Å²) in [5, 5.41) is 0. The topological polar surface area (TPSA) is 40.6 Å². The number of fused-ring (bicyclic) bond motifs is 1. The number of likely N-dealkylation sites (N-methyl/N-ethyl adjacent to an activating group) is 1. The fraction of sp³-hybridized carbons (Fsp3) is 0.733. The van der Waals surface area contributed by atoms with E-state index in [-0.39, 0.29) is 33.7 Å². The van der Waals surface area contributed by atoms with Crippen LogP contribution in [0.5, 0.6) is 0 Å². The Kier molecular flexibility index (Phi) is 1.13. The van der Waals surface area contributed by atoms with Crippen molar-refractivity contribution in [3.63, 3.8) is 0 Å². The zero-order valence-corrected chi connectivity index (χ0v) is 11.8. The maximum absolute atomic E-state index is 12.9. The molecular formula is C15H18N2O2. The molecule has 1 aliphatic heterocycles. The Labute approximate surface area is 112 Å². The Bertz CT molecular complexity index is 642. The van der Waals surface area contributed by atoms with Crippen molar-refractivity contribution in [1.29, 1.82) is 0 Å². The van der Waals surface area contributed by atoms with Gasteiger partial charge in [-0.2, -0.15) is 0 Å². The highest BCUT2D eigenvalue weighted by Gasteiger charge is 3.14. The lowest BCUT2D eigenvalue weighted by Gasteiger charge is -2.65. The highest BCUT2D eigenvalue weighted by Crippen LogP contribution is 3.09. The second kappa shape index (κ2) is 2.05. The summed E-state index contributed by atoms with van der Waals surface area (Å²) < 4.78 is 0. The van der Waals surface area contributed by atoms with Gasteiger partial charge in [-0.1, -0.05) is 20.4 Å². The lowest BCUT2D eigenvalue weighted by atomic mass is 9.46. The van der Waals surface area contributed by atoms with Crippen LogP contribution in [0.3, 0.4) is 0 Å². The molecule has 4 aliphatic carbocycles. The molecule has 0 radical (unpaired) electrons. The number of carbonyl (C=O) groups excluding carboxylic acids is 2. The first kappa shape index (κ1) is 10.5. The van der Waals surface area contributed by atoms with E-state index in [0.717, 1.165) is 12.0 Å². The molecule has 0 aromatic carbocycles. The number of imide groups is 1. The summed E-state index contributed by atoms with van der Waals surface area (Å²) in [5.41, 5.74) is 0.601. The summed E-state index contributed by atoms with van der Waals surface area (Å²) in [7, 11) is 3.48. The summed E-state index contributed by atoms with van der Waals surface area (Å²) in [6, 6.07) is -0.168. The molecule has 1 heterocycles. The van der Waals surface area contributed by atoms with Crippen LogP contribution >= 0.6 is 0 Å². The van der Waals surface area contributed by atoms with Crippen LogP contribution in [0, 0.1) is 28.1 Å². The van der Waals surface area contributed by atoms with E-state index in [1.807, 2.05) is 11.9 Å². The molecule has 6 atom stereocenters. The largest absolute Gasteiger partial charge is 0.326 e. The number of hydrogen-bond donors (Lipinski definition) is 0. The summed E-state index contributed by atoms with van der Waals surface area (Å²) in [6.07, 6.45) is 0.986. The van der Waals surface area contributed by atoms with Gasteiger partial charge in [0.05, 0.1) is 11.0 Å². The van der Waals surface area contributed by atoms with Crippen LogP contribution in [0.2, 0.25) is 0 Å². The average molecular weight is 258 g/mol. The number of hydrogen-bond acceptors (Lipinski definition) is 2. The minimum atomic E-state index is -0.384. The molecule has 5 aliphatic rings. The van der Waals surface area contributed by atoms with Gasteiger partial charge in [-0.05, 0) is 29.2 Å². The molecule has 0 aromatic rings. The molecule has 100 valence electrons. The van der Waals surface area contributed by atoms with Crippen molar-refractivity contribution in [3.05, 3.63) is 12.2 Å². The molecular weight excluding hydrogens is 240 g/mol.